The molecule has 1 heterocycles. The van der Waals surface area contributed by atoms with Crippen molar-refractivity contribution in [2.45, 2.75) is 0 Å². The number of nitrogens with two attached hydrogens (primary N) is 1. The van der Waals surface area contributed by atoms with Gasteiger partial charge in [-0.05, 0) is 6.07 Å². The van der Waals surface area contributed by atoms with Crippen LogP contribution >= 0.6 is 0 Å². The van der Waals surface area contributed by atoms with Gasteiger partial charge in [0.2, 0.25) is 0 Å². The normalized spacial score (nSPS) is 9.93. The van der Waals surface area contributed by atoms with E-state index in [1.54, 1.807) is 12.3 Å². The summed E-state index contributed by atoms with van der Waals surface area (Å²) in [7, 11) is 0. The number of nitrogens with one attached hydrogen (secondary N) is 1. The summed E-state index contributed by atoms with van der Waals surface area (Å²) in [6, 6.07) is 7.34. The van der Waals surface area contributed by atoms with Crippen molar-refractivity contribution in [2.24, 2.45) is 5.84 Å². The molecule has 1 amide bonds. The topological polar surface area (TPSA) is 90.1 Å². The smallest absolute Gasteiger partial charge is 0.373 e. The molecule has 2 rings (SSSR count). The minimum atomic E-state index is -0.801. The van der Waals surface area contributed by atoms with Gasteiger partial charge in [-0.15, -0.1) is 0 Å². The Morgan fingerprint density at radius 1 is 1.40 bits per heavy atom. The zero-order valence-corrected chi connectivity index (χ0v) is 7.68. The fourth-order valence-corrected chi connectivity index (χ4v) is 1.12. The molecule has 1 aromatic heterocycles. The number of fused-ring (bicyclic) bond motifs is 1. The zero-order chi connectivity index (χ0) is 10.7. The summed E-state index contributed by atoms with van der Waals surface area (Å²) in [5, 5.41) is 0.873. The van der Waals surface area contributed by atoms with Crippen molar-refractivity contribution >= 4 is 17.0 Å². The molecule has 0 saturated heterocycles. The first-order valence-electron chi connectivity index (χ1n) is 4.20. The van der Waals surface area contributed by atoms with Crippen LogP contribution < -0.4 is 16.0 Å². The van der Waals surface area contributed by atoms with Crippen LogP contribution in [0, 0.1) is 0 Å². The molecule has 0 spiro atoms. The van der Waals surface area contributed by atoms with Crippen LogP contribution in [0.5, 0.6) is 6.01 Å². The lowest BCUT2D eigenvalue weighted by Crippen LogP contribution is -2.33. The number of carbonyl (C=O) groups is 1. The molecule has 1 aromatic carbocycles. The van der Waals surface area contributed by atoms with Crippen LogP contribution in [0.15, 0.2) is 30.5 Å². The minimum absolute atomic E-state index is 0.0309. The Balaban J connectivity index is 2.34. The van der Waals surface area contributed by atoms with Gasteiger partial charge in [-0.1, -0.05) is 18.2 Å². The number of hydrogen-bond donors (Lipinski definition) is 2. The van der Waals surface area contributed by atoms with Crippen LogP contribution in [0.4, 0.5) is 4.79 Å². The average Bonchev–Trinajstić information content (AvgIpc) is 2.29. The lowest BCUT2D eigenvalue weighted by Gasteiger charge is -2.01. The first-order valence-corrected chi connectivity index (χ1v) is 4.20. The third-order valence-electron chi connectivity index (χ3n) is 1.77. The second kappa shape index (κ2) is 3.89. The molecule has 0 bridgehead atoms. The molecule has 76 valence electrons. The first-order chi connectivity index (χ1) is 7.29. The number of benzene rings is 1. The van der Waals surface area contributed by atoms with Crippen molar-refractivity contribution in [3.63, 3.8) is 0 Å². The SMILES string of the molecule is NNC(=O)Oc1ncc2ccccc2n1. The summed E-state index contributed by atoms with van der Waals surface area (Å²) in [4.78, 5) is 18.6. The molecule has 0 aliphatic carbocycles. The number of hydrogen-bond acceptors (Lipinski definition) is 5. The number of hydrazine groups is 1. The van der Waals surface area contributed by atoms with Gasteiger partial charge in [0.25, 0.3) is 0 Å². The van der Waals surface area contributed by atoms with Gasteiger partial charge in [0, 0.05) is 11.6 Å². The second-order valence-electron chi connectivity index (χ2n) is 2.75. The Kier molecular flexibility index (Phi) is 2.42. The van der Waals surface area contributed by atoms with Crippen molar-refractivity contribution in [3.05, 3.63) is 30.5 Å². The molecule has 15 heavy (non-hydrogen) atoms. The summed E-state index contributed by atoms with van der Waals surface area (Å²) in [6.07, 6.45) is 0.770. The molecule has 0 saturated carbocycles. The predicted molar refractivity (Wildman–Crippen MR) is 52.9 cm³/mol. The highest BCUT2D eigenvalue weighted by atomic mass is 16.6. The van der Waals surface area contributed by atoms with Gasteiger partial charge in [0.15, 0.2) is 0 Å². The standard InChI is InChI=1S/C9H8N4O2/c10-13-9(14)15-8-11-5-6-3-1-2-4-7(6)12-8/h1-5H,10H2,(H,13,14). The predicted octanol–water partition coefficient (Wildman–Crippen LogP) is 0.592. The van der Waals surface area contributed by atoms with Crippen molar-refractivity contribution in [1.29, 1.82) is 0 Å². The first kappa shape index (κ1) is 9.35. The Morgan fingerprint density at radius 3 is 3.00 bits per heavy atom. The number of para-hydroxylation sites is 1. The van der Waals surface area contributed by atoms with E-state index >= 15 is 0 Å². The Labute approximate surface area is 85.1 Å². The van der Waals surface area contributed by atoms with Crippen molar-refractivity contribution in [1.82, 2.24) is 15.4 Å². The maximum absolute atomic E-state index is 10.8. The molecule has 0 fully saturated rings. The molecule has 0 radical (unpaired) electrons. The van der Waals surface area contributed by atoms with E-state index in [4.69, 9.17) is 5.84 Å². The van der Waals surface area contributed by atoms with Gasteiger partial charge in [-0.2, -0.15) is 4.98 Å². The number of nitrogens with zero attached hydrogens (tertiary/aromatic N) is 2. The van der Waals surface area contributed by atoms with Gasteiger partial charge in [-0.25, -0.2) is 15.6 Å². The summed E-state index contributed by atoms with van der Waals surface area (Å²) in [5.41, 5.74) is 2.52. The summed E-state index contributed by atoms with van der Waals surface area (Å²) in [5.74, 6) is 4.85. The Bertz CT molecular complexity index is 500. The van der Waals surface area contributed by atoms with Crippen LogP contribution in [-0.2, 0) is 0 Å². The van der Waals surface area contributed by atoms with Crippen LogP contribution in [0.1, 0.15) is 0 Å². The molecular weight excluding hydrogens is 196 g/mol. The van der Waals surface area contributed by atoms with E-state index in [0.717, 1.165) is 5.39 Å². The van der Waals surface area contributed by atoms with Crippen molar-refractivity contribution < 1.29 is 9.53 Å². The molecule has 6 nitrogen and oxygen atoms in total. The maximum atomic E-state index is 10.8. The number of carbonyl (C=O) groups excluding carboxylic acids is 1. The zero-order valence-electron chi connectivity index (χ0n) is 7.68. The molecule has 3 N–H and O–H groups in total. The van der Waals surface area contributed by atoms with E-state index in [-0.39, 0.29) is 6.01 Å². The fraction of sp³-hybridized carbons (Fsp3) is 0. The highest BCUT2D eigenvalue weighted by Crippen LogP contribution is 2.12. The van der Waals surface area contributed by atoms with Gasteiger partial charge in [-0.3, -0.25) is 5.43 Å². The van der Waals surface area contributed by atoms with Crippen LogP contribution in [0.2, 0.25) is 0 Å². The van der Waals surface area contributed by atoms with Gasteiger partial charge in [0.1, 0.15) is 0 Å². The Hall–Kier alpha value is -2.21. The molecule has 0 aliphatic heterocycles. The summed E-state index contributed by atoms with van der Waals surface area (Å²) in [6.45, 7) is 0. The number of ether oxygens (including phenoxy) is 1. The minimum Gasteiger partial charge on any atom is -0.373 e. The highest BCUT2D eigenvalue weighted by molar-refractivity contribution is 5.78. The van der Waals surface area contributed by atoms with Crippen LogP contribution in [0.25, 0.3) is 10.9 Å². The third kappa shape index (κ3) is 2.00. The van der Waals surface area contributed by atoms with Crippen molar-refractivity contribution in [3.8, 4) is 6.01 Å². The molecule has 2 aromatic rings. The van der Waals surface area contributed by atoms with E-state index in [1.807, 2.05) is 23.6 Å². The van der Waals surface area contributed by atoms with Gasteiger partial charge < -0.3 is 4.74 Å². The number of rotatable bonds is 1. The second-order valence-corrected chi connectivity index (χ2v) is 2.75. The molecule has 0 aliphatic rings. The molecule has 0 atom stereocenters. The monoisotopic (exact) mass is 204 g/mol. The average molecular weight is 204 g/mol. The van der Waals surface area contributed by atoms with E-state index in [0.29, 0.717) is 5.52 Å². The van der Waals surface area contributed by atoms with E-state index in [2.05, 4.69) is 14.7 Å². The van der Waals surface area contributed by atoms with Gasteiger partial charge >= 0.3 is 12.1 Å². The molecular formula is C9H8N4O2. The largest absolute Gasteiger partial charge is 0.429 e. The quantitative estimate of drug-likeness (QED) is 0.403. The number of amides is 1. The number of aromatic nitrogens is 2. The Morgan fingerprint density at radius 2 is 2.20 bits per heavy atom. The van der Waals surface area contributed by atoms with E-state index in [1.165, 1.54) is 0 Å². The summed E-state index contributed by atoms with van der Waals surface area (Å²) < 4.78 is 4.67. The molecule has 0 unspecified atom stereocenters. The van der Waals surface area contributed by atoms with Crippen LogP contribution in [0.3, 0.4) is 0 Å². The lowest BCUT2D eigenvalue weighted by atomic mass is 10.2. The van der Waals surface area contributed by atoms with Crippen LogP contribution in [-0.4, -0.2) is 16.1 Å². The highest BCUT2D eigenvalue weighted by Gasteiger charge is 2.05. The van der Waals surface area contributed by atoms with Gasteiger partial charge in [0.05, 0.1) is 5.52 Å². The lowest BCUT2D eigenvalue weighted by molar-refractivity contribution is 0.197. The van der Waals surface area contributed by atoms with E-state index < -0.39 is 6.09 Å². The fourth-order valence-electron chi connectivity index (χ4n) is 1.12. The summed E-state index contributed by atoms with van der Waals surface area (Å²) >= 11 is 0. The van der Waals surface area contributed by atoms with E-state index in [9.17, 15) is 4.79 Å². The van der Waals surface area contributed by atoms with Crippen molar-refractivity contribution in [2.75, 3.05) is 0 Å². The third-order valence-corrected chi connectivity index (χ3v) is 1.77. The molecule has 6 heteroatoms. The maximum Gasteiger partial charge on any atom is 0.429 e.